The number of furan rings is 1. The lowest BCUT2D eigenvalue weighted by atomic mass is 10.2. The summed E-state index contributed by atoms with van der Waals surface area (Å²) in [5.41, 5.74) is 0.555. The maximum absolute atomic E-state index is 9.70. The number of rotatable bonds is 3. The van der Waals surface area contributed by atoms with E-state index in [0.29, 0.717) is 16.7 Å². The van der Waals surface area contributed by atoms with Gasteiger partial charge in [0.05, 0.1) is 11.5 Å². The molecular weight excluding hydrogens is 248 g/mol. The number of hydrogen-bond acceptors (Lipinski definition) is 6. The van der Waals surface area contributed by atoms with E-state index in [9.17, 15) is 5.11 Å². The van der Waals surface area contributed by atoms with E-state index in [1.165, 1.54) is 0 Å². The van der Waals surface area contributed by atoms with E-state index in [4.69, 9.17) is 13.6 Å². The molecule has 1 N–H and O–H groups in total. The fourth-order valence-electron chi connectivity index (χ4n) is 1.71. The van der Waals surface area contributed by atoms with Crippen LogP contribution in [0.4, 0.5) is 0 Å². The van der Waals surface area contributed by atoms with Gasteiger partial charge in [-0.1, -0.05) is 11.2 Å². The monoisotopic (exact) mass is 260 g/mol. The molecule has 0 bridgehead atoms. The SMILES string of the molecule is CC(C)Oc1nnc(-c2cc3c(O)cccc3o2)o1. The largest absolute Gasteiger partial charge is 0.507 e. The van der Waals surface area contributed by atoms with Crippen molar-refractivity contribution in [1.82, 2.24) is 10.2 Å². The summed E-state index contributed by atoms with van der Waals surface area (Å²) < 4.78 is 16.2. The van der Waals surface area contributed by atoms with E-state index < -0.39 is 0 Å². The molecule has 0 radical (unpaired) electrons. The van der Waals surface area contributed by atoms with Crippen molar-refractivity contribution < 1.29 is 18.7 Å². The molecule has 3 rings (SSSR count). The lowest BCUT2D eigenvalue weighted by Crippen LogP contribution is -2.05. The number of nitrogens with zero attached hydrogens (tertiary/aromatic N) is 2. The minimum absolute atomic E-state index is 0.0481. The molecule has 0 amide bonds. The standard InChI is InChI=1S/C13H12N2O4/c1-7(2)17-13-15-14-12(19-13)11-6-8-9(16)4-3-5-10(8)18-11/h3-7,16H,1-2H3. The Morgan fingerprint density at radius 2 is 2.05 bits per heavy atom. The number of phenolic OH excluding ortho intramolecular Hbond substituents is 1. The Kier molecular flexibility index (Phi) is 2.63. The van der Waals surface area contributed by atoms with Gasteiger partial charge in [-0.2, -0.15) is 0 Å². The Bertz CT molecular complexity index is 714. The number of aromatic hydroxyl groups is 1. The van der Waals surface area contributed by atoms with Crippen molar-refractivity contribution in [2.45, 2.75) is 20.0 Å². The second-order valence-corrected chi connectivity index (χ2v) is 4.34. The third-order valence-corrected chi connectivity index (χ3v) is 2.49. The van der Waals surface area contributed by atoms with Crippen LogP contribution in [0.5, 0.6) is 11.8 Å². The maximum Gasteiger partial charge on any atom is 0.415 e. The molecule has 3 aromatic rings. The highest BCUT2D eigenvalue weighted by Gasteiger charge is 2.16. The highest BCUT2D eigenvalue weighted by molar-refractivity contribution is 5.87. The van der Waals surface area contributed by atoms with Gasteiger partial charge in [0.15, 0.2) is 5.76 Å². The molecule has 0 saturated carbocycles. The smallest absolute Gasteiger partial charge is 0.415 e. The van der Waals surface area contributed by atoms with Gasteiger partial charge in [0.25, 0.3) is 5.89 Å². The van der Waals surface area contributed by atoms with Crippen LogP contribution in [0.3, 0.4) is 0 Å². The third kappa shape index (κ3) is 2.12. The molecule has 1 aromatic carbocycles. The first-order chi connectivity index (χ1) is 9.13. The van der Waals surface area contributed by atoms with Gasteiger partial charge in [-0.25, -0.2) is 0 Å². The zero-order valence-electron chi connectivity index (χ0n) is 10.5. The van der Waals surface area contributed by atoms with Crippen LogP contribution in [0, 0.1) is 0 Å². The molecule has 2 aromatic heterocycles. The molecule has 0 aliphatic rings. The van der Waals surface area contributed by atoms with Crippen LogP contribution in [0.1, 0.15) is 13.8 Å². The highest BCUT2D eigenvalue weighted by Crippen LogP contribution is 2.32. The summed E-state index contributed by atoms with van der Waals surface area (Å²) >= 11 is 0. The number of benzene rings is 1. The second kappa shape index (κ2) is 4.31. The summed E-state index contributed by atoms with van der Waals surface area (Å²) in [6.07, 6.45) is 0.0442. The van der Waals surface area contributed by atoms with Crippen LogP contribution in [-0.4, -0.2) is 21.4 Å². The molecular formula is C13H12N2O4. The molecule has 0 spiro atoms. The Morgan fingerprint density at radius 3 is 2.79 bits per heavy atom. The minimum Gasteiger partial charge on any atom is -0.507 e. The number of hydrogen-bond donors (Lipinski definition) is 1. The lowest BCUT2D eigenvalue weighted by molar-refractivity contribution is 0.177. The predicted molar refractivity (Wildman–Crippen MR) is 66.9 cm³/mol. The minimum atomic E-state index is -0.0481. The summed E-state index contributed by atoms with van der Waals surface area (Å²) in [4.78, 5) is 0. The van der Waals surface area contributed by atoms with Crippen LogP contribution in [0.15, 0.2) is 33.1 Å². The van der Waals surface area contributed by atoms with Gasteiger partial charge in [0, 0.05) is 6.07 Å². The van der Waals surface area contributed by atoms with Gasteiger partial charge in [-0.15, -0.1) is 5.10 Å². The van der Waals surface area contributed by atoms with Crippen molar-refractivity contribution >= 4 is 11.0 Å². The van der Waals surface area contributed by atoms with Crippen molar-refractivity contribution in [2.24, 2.45) is 0 Å². The molecule has 0 aliphatic heterocycles. The first kappa shape index (κ1) is 11.6. The predicted octanol–water partition coefficient (Wildman–Crippen LogP) is 2.98. The zero-order valence-corrected chi connectivity index (χ0v) is 10.5. The number of aromatic nitrogens is 2. The van der Waals surface area contributed by atoms with Crippen LogP contribution in [0.2, 0.25) is 0 Å². The van der Waals surface area contributed by atoms with Crippen LogP contribution >= 0.6 is 0 Å². The van der Waals surface area contributed by atoms with Crippen molar-refractivity contribution in [3.05, 3.63) is 24.3 Å². The van der Waals surface area contributed by atoms with Crippen LogP contribution in [0.25, 0.3) is 22.6 Å². The van der Waals surface area contributed by atoms with Crippen LogP contribution in [-0.2, 0) is 0 Å². The summed E-state index contributed by atoms with van der Waals surface area (Å²) in [7, 11) is 0. The van der Waals surface area contributed by atoms with Gasteiger partial charge >= 0.3 is 6.08 Å². The van der Waals surface area contributed by atoms with E-state index in [1.807, 2.05) is 13.8 Å². The molecule has 19 heavy (non-hydrogen) atoms. The fraction of sp³-hybridized carbons (Fsp3) is 0.231. The summed E-state index contributed by atoms with van der Waals surface area (Å²) in [5, 5.41) is 17.9. The fourth-order valence-corrected chi connectivity index (χ4v) is 1.71. The topological polar surface area (TPSA) is 81.5 Å². The highest BCUT2D eigenvalue weighted by atomic mass is 16.6. The molecule has 0 unspecified atom stereocenters. The number of ether oxygens (including phenoxy) is 1. The lowest BCUT2D eigenvalue weighted by Gasteiger charge is -2.01. The summed E-state index contributed by atoms with van der Waals surface area (Å²) in [6, 6.07) is 6.69. The molecule has 2 heterocycles. The molecule has 6 nitrogen and oxygen atoms in total. The Hall–Kier alpha value is -2.50. The molecule has 6 heteroatoms. The quantitative estimate of drug-likeness (QED) is 0.779. The molecule has 0 atom stereocenters. The van der Waals surface area contributed by atoms with E-state index >= 15 is 0 Å². The van der Waals surface area contributed by atoms with E-state index in [1.54, 1.807) is 24.3 Å². The first-order valence-electron chi connectivity index (χ1n) is 5.85. The van der Waals surface area contributed by atoms with E-state index in [0.717, 1.165) is 0 Å². The van der Waals surface area contributed by atoms with Gasteiger partial charge in [-0.3, -0.25) is 0 Å². The van der Waals surface area contributed by atoms with Gasteiger partial charge in [0.1, 0.15) is 11.3 Å². The Balaban J connectivity index is 2.00. The Morgan fingerprint density at radius 1 is 1.21 bits per heavy atom. The van der Waals surface area contributed by atoms with Crippen molar-refractivity contribution in [3.8, 4) is 23.5 Å². The van der Waals surface area contributed by atoms with Gasteiger partial charge in [-0.05, 0) is 26.0 Å². The molecule has 98 valence electrons. The second-order valence-electron chi connectivity index (χ2n) is 4.34. The van der Waals surface area contributed by atoms with Crippen LogP contribution < -0.4 is 4.74 Å². The van der Waals surface area contributed by atoms with Gasteiger partial charge in [0.2, 0.25) is 0 Å². The van der Waals surface area contributed by atoms with E-state index in [-0.39, 0.29) is 23.8 Å². The maximum atomic E-state index is 9.70. The third-order valence-electron chi connectivity index (χ3n) is 2.49. The van der Waals surface area contributed by atoms with Gasteiger partial charge < -0.3 is 18.7 Å². The molecule has 0 aliphatic carbocycles. The normalized spacial score (nSPS) is 11.3. The van der Waals surface area contributed by atoms with Crippen molar-refractivity contribution in [1.29, 1.82) is 0 Å². The zero-order chi connectivity index (χ0) is 13.4. The van der Waals surface area contributed by atoms with E-state index in [2.05, 4.69) is 10.2 Å². The van der Waals surface area contributed by atoms with Crippen molar-refractivity contribution in [3.63, 3.8) is 0 Å². The summed E-state index contributed by atoms with van der Waals surface area (Å²) in [6.45, 7) is 3.73. The number of fused-ring (bicyclic) bond motifs is 1. The Labute approximate surface area is 108 Å². The molecule has 0 saturated heterocycles. The average Bonchev–Trinajstić information content (AvgIpc) is 2.94. The molecule has 0 fully saturated rings. The number of phenols is 1. The first-order valence-corrected chi connectivity index (χ1v) is 5.85. The van der Waals surface area contributed by atoms with Crippen molar-refractivity contribution in [2.75, 3.05) is 0 Å². The summed E-state index contributed by atoms with van der Waals surface area (Å²) in [5.74, 6) is 0.750. The average molecular weight is 260 g/mol.